The number of thiazole rings is 1. The van der Waals surface area contributed by atoms with Crippen molar-refractivity contribution in [3.05, 3.63) is 76.1 Å². The molecule has 1 aromatic carbocycles. The van der Waals surface area contributed by atoms with E-state index in [0.29, 0.717) is 6.54 Å². The molecule has 0 bridgehead atoms. The van der Waals surface area contributed by atoms with E-state index < -0.39 is 0 Å². The highest BCUT2D eigenvalue weighted by Crippen LogP contribution is 2.12. The molecule has 0 saturated heterocycles. The van der Waals surface area contributed by atoms with Crippen LogP contribution in [0, 0.1) is 6.92 Å². The molecule has 28 heavy (non-hydrogen) atoms. The number of guanidine groups is 1. The minimum atomic E-state index is 0. The first-order valence-electron chi connectivity index (χ1n) is 9.18. The summed E-state index contributed by atoms with van der Waals surface area (Å²) in [6.07, 6.45) is 5.39. The van der Waals surface area contributed by atoms with Crippen molar-refractivity contribution in [3.8, 4) is 0 Å². The molecule has 0 fully saturated rings. The molecule has 3 rings (SSSR count). The van der Waals surface area contributed by atoms with Gasteiger partial charge in [0.1, 0.15) is 5.76 Å². The molecule has 0 aliphatic carbocycles. The number of rotatable bonds is 8. The van der Waals surface area contributed by atoms with Crippen molar-refractivity contribution in [1.29, 1.82) is 0 Å². The Labute approximate surface area is 187 Å². The number of halogens is 1. The van der Waals surface area contributed by atoms with Crippen molar-refractivity contribution in [2.45, 2.75) is 26.3 Å². The van der Waals surface area contributed by atoms with Gasteiger partial charge in [-0.25, -0.2) is 9.98 Å². The maximum absolute atomic E-state index is 5.41. The van der Waals surface area contributed by atoms with Crippen molar-refractivity contribution < 1.29 is 4.42 Å². The number of benzene rings is 1. The third-order valence-corrected chi connectivity index (χ3v) is 5.15. The van der Waals surface area contributed by atoms with Crippen molar-refractivity contribution in [2.24, 2.45) is 4.99 Å². The molecule has 0 spiro atoms. The van der Waals surface area contributed by atoms with Crippen LogP contribution in [0.4, 0.5) is 0 Å². The van der Waals surface area contributed by atoms with Gasteiger partial charge in [0.05, 0.1) is 17.8 Å². The van der Waals surface area contributed by atoms with Gasteiger partial charge in [0.25, 0.3) is 0 Å². The molecule has 0 atom stereocenters. The maximum atomic E-state index is 5.41. The Morgan fingerprint density at radius 1 is 1.18 bits per heavy atom. The fourth-order valence-corrected chi connectivity index (χ4v) is 3.48. The number of aliphatic imine (C=N–C) groups is 1. The smallest absolute Gasteiger partial charge is 0.194 e. The van der Waals surface area contributed by atoms with Gasteiger partial charge in [-0.1, -0.05) is 30.3 Å². The summed E-state index contributed by atoms with van der Waals surface area (Å²) in [4.78, 5) is 12.7. The van der Waals surface area contributed by atoms with E-state index in [4.69, 9.17) is 9.41 Å². The Morgan fingerprint density at radius 2 is 2.00 bits per heavy atom. The number of nitrogens with zero attached hydrogens (tertiary/aromatic N) is 3. The molecule has 2 heterocycles. The van der Waals surface area contributed by atoms with Crippen LogP contribution in [0.2, 0.25) is 0 Å². The molecule has 150 valence electrons. The van der Waals surface area contributed by atoms with Crippen LogP contribution in [-0.2, 0) is 19.4 Å². The molecular formula is C21H27IN4OS. The molecule has 0 aliphatic heterocycles. The number of furan rings is 1. The summed E-state index contributed by atoms with van der Waals surface area (Å²) in [7, 11) is 2.07. The standard InChI is InChI=1S/C21H26N4OS.HI/c1-17-15-23-20(27-17)11-13-25(2)21(22-12-10-19-9-6-14-26-19)24-16-18-7-4-3-5-8-18;/h3-9,14-15H,10-13,16H2,1-2H3,(H,22,24);1H. The van der Waals surface area contributed by atoms with Gasteiger partial charge < -0.3 is 14.6 Å². The van der Waals surface area contributed by atoms with Gasteiger partial charge >= 0.3 is 0 Å². The summed E-state index contributed by atoms with van der Waals surface area (Å²) in [5.41, 5.74) is 1.20. The van der Waals surface area contributed by atoms with Crippen molar-refractivity contribution in [1.82, 2.24) is 15.2 Å². The SMILES string of the molecule is Cc1cnc(CCN(C)C(=NCc2ccccc2)NCCc2ccco2)s1.I. The molecule has 0 unspecified atom stereocenters. The van der Waals surface area contributed by atoms with Crippen LogP contribution in [0.3, 0.4) is 0 Å². The van der Waals surface area contributed by atoms with Crippen LogP contribution in [0.1, 0.15) is 21.2 Å². The number of aromatic nitrogens is 1. The Balaban J connectivity index is 0.00000280. The fourth-order valence-electron chi connectivity index (χ4n) is 2.70. The minimum Gasteiger partial charge on any atom is -0.469 e. The van der Waals surface area contributed by atoms with Crippen LogP contribution >= 0.6 is 35.3 Å². The summed E-state index contributed by atoms with van der Waals surface area (Å²) in [6, 6.07) is 14.2. The first kappa shape index (κ1) is 22.4. The summed E-state index contributed by atoms with van der Waals surface area (Å²) < 4.78 is 5.41. The van der Waals surface area contributed by atoms with Crippen LogP contribution in [0.25, 0.3) is 0 Å². The largest absolute Gasteiger partial charge is 0.469 e. The Hall–Kier alpha value is -1.87. The molecule has 1 N–H and O–H groups in total. The minimum absolute atomic E-state index is 0. The summed E-state index contributed by atoms with van der Waals surface area (Å²) in [5.74, 6) is 1.88. The van der Waals surface area contributed by atoms with E-state index in [0.717, 1.165) is 42.7 Å². The van der Waals surface area contributed by atoms with E-state index in [2.05, 4.69) is 41.3 Å². The van der Waals surface area contributed by atoms with E-state index in [-0.39, 0.29) is 24.0 Å². The normalized spacial score (nSPS) is 11.1. The van der Waals surface area contributed by atoms with E-state index in [9.17, 15) is 0 Å². The monoisotopic (exact) mass is 510 g/mol. The molecule has 0 radical (unpaired) electrons. The lowest BCUT2D eigenvalue weighted by Gasteiger charge is -2.22. The van der Waals surface area contributed by atoms with Gasteiger partial charge in [-0.2, -0.15) is 0 Å². The quantitative estimate of drug-likeness (QED) is 0.275. The summed E-state index contributed by atoms with van der Waals surface area (Å²) >= 11 is 1.76. The molecule has 0 amide bonds. The lowest BCUT2D eigenvalue weighted by molar-refractivity contribution is 0.474. The lowest BCUT2D eigenvalue weighted by atomic mass is 10.2. The van der Waals surface area contributed by atoms with Crippen LogP contribution < -0.4 is 5.32 Å². The second-order valence-electron chi connectivity index (χ2n) is 6.42. The molecule has 0 aliphatic rings. The molecule has 5 nitrogen and oxygen atoms in total. The second-order valence-corrected chi connectivity index (χ2v) is 7.74. The molecule has 2 aromatic heterocycles. The number of aryl methyl sites for hydroxylation is 1. The number of nitrogens with one attached hydrogen (secondary N) is 1. The Bertz CT molecular complexity index is 833. The van der Waals surface area contributed by atoms with Crippen molar-refractivity contribution >= 4 is 41.3 Å². The van der Waals surface area contributed by atoms with Crippen LogP contribution in [0.5, 0.6) is 0 Å². The predicted octanol–water partition coefficient (Wildman–Crippen LogP) is 4.53. The first-order chi connectivity index (χ1) is 13.2. The average Bonchev–Trinajstić information content (AvgIpc) is 3.35. The van der Waals surface area contributed by atoms with E-state index in [1.165, 1.54) is 10.4 Å². The average molecular weight is 510 g/mol. The predicted molar refractivity (Wildman–Crippen MR) is 127 cm³/mol. The van der Waals surface area contributed by atoms with Gasteiger partial charge in [0.15, 0.2) is 5.96 Å². The van der Waals surface area contributed by atoms with Crippen LogP contribution in [-0.4, -0.2) is 36.0 Å². The first-order valence-corrected chi connectivity index (χ1v) is 9.99. The van der Waals surface area contributed by atoms with Crippen molar-refractivity contribution in [2.75, 3.05) is 20.1 Å². The Morgan fingerprint density at radius 3 is 2.68 bits per heavy atom. The van der Waals surface area contributed by atoms with Gasteiger partial charge in [0.2, 0.25) is 0 Å². The van der Waals surface area contributed by atoms with Gasteiger partial charge in [-0.3, -0.25) is 0 Å². The highest BCUT2D eigenvalue weighted by Gasteiger charge is 2.09. The highest BCUT2D eigenvalue weighted by atomic mass is 127. The molecular weight excluding hydrogens is 483 g/mol. The van der Waals surface area contributed by atoms with E-state index in [1.54, 1.807) is 17.6 Å². The Kier molecular flexibility index (Phi) is 9.49. The molecule has 3 aromatic rings. The molecule has 0 saturated carbocycles. The zero-order valence-corrected chi connectivity index (χ0v) is 19.4. The van der Waals surface area contributed by atoms with Gasteiger partial charge in [-0.15, -0.1) is 35.3 Å². The second kappa shape index (κ2) is 11.9. The number of likely N-dealkylation sites (N-methyl/N-ethyl adjacent to an activating group) is 1. The van der Waals surface area contributed by atoms with Gasteiger partial charge in [0, 0.05) is 44.1 Å². The third kappa shape index (κ3) is 7.27. The number of hydrogen-bond acceptors (Lipinski definition) is 4. The van der Waals surface area contributed by atoms with E-state index in [1.807, 2.05) is 36.5 Å². The topological polar surface area (TPSA) is 53.7 Å². The number of hydrogen-bond donors (Lipinski definition) is 1. The zero-order valence-electron chi connectivity index (χ0n) is 16.3. The fraction of sp³-hybridized carbons (Fsp3) is 0.333. The zero-order chi connectivity index (χ0) is 18.9. The van der Waals surface area contributed by atoms with Gasteiger partial charge in [-0.05, 0) is 24.6 Å². The lowest BCUT2D eigenvalue weighted by Crippen LogP contribution is -2.40. The third-order valence-electron chi connectivity index (χ3n) is 4.18. The van der Waals surface area contributed by atoms with Crippen LogP contribution in [0.15, 0.2) is 64.3 Å². The summed E-state index contributed by atoms with van der Waals surface area (Å²) in [5, 5.41) is 4.63. The summed E-state index contributed by atoms with van der Waals surface area (Å²) in [6.45, 7) is 4.40. The maximum Gasteiger partial charge on any atom is 0.194 e. The van der Waals surface area contributed by atoms with E-state index >= 15 is 0 Å². The van der Waals surface area contributed by atoms with Crippen molar-refractivity contribution in [3.63, 3.8) is 0 Å². The molecule has 7 heteroatoms. The highest BCUT2D eigenvalue weighted by molar-refractivity contribution is 14.0.